The van der Waals surface area contributed by atoms with Crippen LogP contribution in [0.4, 0.5) is 0 Å². The molecule has 0 aromatic heterocycles. The van der Waals surface area contributed by atoms with E-state index in [1.807, 2.05) is 42.5 Å². The highest BCUT2D eigenvalue weighted by molar-refractivity contribution is 6.14. The van der Waals surface area contributed by atoms with Gasteiger partial charge in [-0.2, -0.15) is 0 Å². The van der Waals surface area contributed by atoms with Crippen LogP contribution in [0.25, 0.3) is 5.57 Å². The molecule has 96 valence electrons. The minimum Gasteiger partial charge on any atom is -0.506 e. The van der Waals surface area contributed by atoms with Crippen LogP contribution >= 0.6 is 0 Å². The van der Waals surface area contributed by atoms with Crippen LogP contribution in [-0.2, 0) is 0 Å². The standard InChI is InChI=1S/C17H17NO/c1-13(14-7-4-3-5-8-14)11-12-15-9-6-10-16(19)17(15)18-2/h3-12,19H,1-2H3/b13-11+,15-12-,18-17?. The molecule has 2 rings (SSSR count). The van der Waals surface area contributed by atoms with Gasteiger partial charge in [0.1, 0.15) is 11.5 Å². The van der Waals surface area contributed by atoms with Crippen LogP contribution in [0.3, 0.4) is 0 Å². The Morgan fingerprint density at radius 1 is 1.21 bits per heavy atom. The number of aliphatic imine (C=N–C) groups is 1. The molecule has 0 unspecified atom stereocenters. The molecular formula is C17H17NO. The van der Waals surface area contributed by atoms with Gasteiger partial charge in [0.2, 0.25) is 0 Å². The molecule has 0 heterocycles. The number of nitrogens with zero attached hydrogens (tertiary/aromatic N) is 1. The molecule has 2 heteroatoms. The van der Waals surface area contributed by atoms with E-state index in [-0.39, 0.29) is 5.76 Å². The lowest BCUT2D eigenvalue weighted by molar-refractivity contribution is 0.443. The molecule has 1 aromatic carbocycles. The molecule has 0 fully saturated rings. The Kier molecular flexibility index (Phi) is 4.14. The van der Waals surface area contributed by atoms with Crippen molar-refractivity contribution in [2.24, 2.45) is 4.99 Å². The summed E-state index contributed by atoms with van der Waals surface area (Å²) in [6.45, 7) is 2.07. The van der Waals surface area contributed by atoms with E-state index in [4.69, 9.17) is 0 Å². The average Bonchev–Trinajstić information content (AvgIpc) is 2.45. The van der Waals surface area contributed by atoms with Crippen molar-refractivity contribution in [3.63, 3.8) is 0 Å². The topological polar surface area (TPSA) is 32.6 Å². The zero-order chi connectivity index (χ0) is 13.7. The van der Waals surface area contributed by atoms with Gasteiger partial charge >= 0.3 is 0 Å². The van der Waals surface area contributed by atoms with Gasteiger partial charge in [-0.05, 0) is 24.1 Å². The van der Waals surface area contributed by atoms with Gasteiger partial charge in [-0.3, -0.25) is 4.99 Å². The molecule has 0 saturated carbocycles. The first-order valence-corrected chi connectivity index (χ1v) is 6.21. The molecule has 0 saturated heterocycles. The van der Waals surface area contributed by atoms with E-state index in [2.05, 4.69) is 24.0 Å². The fourth-order valence-electron chi connectivity index (χ4n) is 1.94. The second-order valence-corrected chi connectivity index (χ2v) is 4.32. The molecule has 1 aliphatic rings. The van der Waals surface area contributed by atoms with E-state index < -0.39 is 0 Å². The zero-order valence-electron chi connectivity index (χ0n) is 11.2. The van der Waals surface area contributed by atoms with Gasteiger partial charge < -0.3 is 5.11 Å². The molecule has 19 heavy (non-hydrogen) atoms. The maximum Gasteiger partial charge on any atom is 0.141 e. The first-order chi connectivity index (χ1) is 9.22. The van der Waals surface area contributed by atoms with Crippen molar-refractivity contribution in [3.8, 4) is 0 Å². The van der Waals surface area contributed by atoms with Crippen LogP contribution < -0.4 is 0 Å². The van der Waals surface area contributed by atoms with E-state index in [0.717, 1.165) is 5.57 Å². The van der Waals surface area contributed by atoms with E-state index in [1.54, 1.807) is 13.1 Å². The number of benzene rings is 1. The Labute approximate surface area is 113 Å². The van der Waals surface area contributed by atoms with Gasteiger partial charge in [0.15, 0.2) is 0 Å². The number of aliphatic hydroxyl groups is 1. The summed E-state index contributed by atoms with van der Waals surface area (Å²) in [7, 11) is 1.68. The molecule has 0 aliphatic heterocycles. The maximum atomic E-state index is 9.74. The minimum absolute atomic E-state index is 0.210. The summed E-state index contributed by atoms with van der Waals surface area (Å²) in [4.78, 5) is 4.11. The molecule has 1 aliphatic carbocycles. The van der Waals surface area contributed by atoms with Crippen LogP contribution in [0.2, 0.25) is 0 Å². The van der Waals surface area contributed by atoms with Crippen molar-refractivity contribution in [2.45, 2.75) is 6.92 Å². The minimum atomic E-state index is 0.210. The number of aliphatic hydroxyl groups excluding tert-OH is 1. The zero-order valence-corrected chi connectivity index (χ0v) is 11.2. The van der Waals surface area contributed by atoms with Crippen molar-refractivity contribution in [1.29, 1.82) is 0 Å². The largest absolute Gasteiger partial charge is 0.506 e. The van der Waals surface area contributed by atoms with E-state index in [1.165, 1.54) is 11.1 Å². The molecule has 0 amide bonds. The monoisotopic (exact) mass is 251 g/mol. The predicted octanol–water partition coefficient (Wildman–Crippen LogP) is 4.10. The normalized spacial score (nSPS) is 19.9. The number of hydrogen-bond acceptors (Lipinski definition) is 2. The highest BCUT2D eigenvalue weighted by atomic mass is 16.3. The van der Waals surface area contributed by atoms with Crippen LogP contribution in [-0.4, -0.2) is 17.9 Å². The third kappa shape index (κ3) is 3.10. The Balaban J connectivity index is 2.28. The average molecular weight is 251 g/mol. The van der Waals surface area contributed by atoms with Crippen molar-refractivity contribution in [3.05, 3.63) is 77.6 Å². The van der Waals surface area contributed by atoms with Crippen molar-refractivity contribution >= 4 is 11.3 Å². The molecule has 0 spiro atoms. The predicted molar refractivity (Wildman–Crippen MR) is 81.4 cm³/mol. The van der Waals surface area contributed by atoms with Crippen molar-refractivity contribution < 1.29 is 5.11 Å². The first kappa shape index (κ1) is 13.1. The first-order valence-electron chi connectivity index (χ1n) is 6.21. The Morgan fingerprint density at radius 2 is 1.95 bits per heavy atom. The molecule has 2 nitrogen and oxygen atoms in total. The highest BCUT2D eigenvalue weighted by Crippen LogP contribution is 2.17. The quantitative estimate of drug-likeness (QED) is 0.843. The summed E-state index contributed by atoms with van der Waals surface area (Å²) in [5, 5.41) is 9.74. The van der Waals surface area contributed by atoms with E-state index in [9.17, 15) is 5.11 Å². The number of hydrogen-bond donors (Lipinski definition) is 1. The summed E-state index contributed by atoms with van der Waals surface area (Å²) in [5.74, 6) is 0.210. The van der Waals surface area contributed by atoms with Gasteiger partial charge in [-0.15, -0.1) is 0 Å². The lowest BCUT2D eigenvalue weighted by Crippen LogP contribution is -2.07. The second kappa shape index (κ2) is 6.01. The Morgan fingerprint density at radius 3 is 2.63 bits per heavy atom. The summed E-state index contributed by atoms with van der Waals surface area (Å²) >= 11 is 0. The Bertz CT molecular complexity index is 601. The van der Waals surface area contributed by atoms with Crippen LogP contribution in [0.5, 0.6) is 0 Å². The highest BCUT2D eigenvalue weighted by Gasteiger charge is 2.10. The van der Waals surface area contributed by atoms with E-state index >= 15 is 0 Å². The maximum absolute atomic E-state index is 9.74. The molecular weight excluding hydrogens is 234 g/mol. The van der Waals surface area contributed by atoms with Gasteiger partial charge in [-0.25, -0.2) is 0 Å². The number of allylic oxidation sites excluding steroid dienone is 7. The third-order valence-corrected chi connectivity index (χ3v) is 3.01. The van der Waals surface area contributed by atoms with Gasteiger partial charge in [-0.1, -0.05) is 54.6 Å². The lowest BCUT2D eigenvalue weighted by Gasteiger charge is -2.09. The van der Waals surface area contributed by atoms with Gasteiger partial charge in [0.05, 0.1) is 0 Å². The smallest absolute Gasteiger partial charge is 0.141 e. The van der Waals surface area contributed by atoms with Crippen molar-refractivity contribution in [2.75, 3.05) is 7.05 Å². The van der Waals surface area contributed by atoms with Crippen LogP contribution in [0, 0.1) is 0 Å². The summed E-state index contributed by atoms with van der Waals surface area (Å²) in [6, 6.07) is 10.2. The van der Waals surface area contributed by atoms with Crippen molar-refractivity contribution in [1.82, 2.24) is 0 Å². The van der Waals surface area contributed by atoms with Crippen LogP contribution in [0.15, 0.2) is 77.0 Å². The van der Waals surface area contributed by atoms with Crippen LogP contribution in [0.1, 0.15) is 12.5 Å². The molecule has 0 atom stereocenters. The summed E-state index contributed by atoms with van der Waals surface area (Å²) in [6.07, 6.45) is 9.43. The SMILES string of the molecule is CN=C1C(O)=CC=C/C1=C/C=C(\C)c1ccccc1. The molecule has 0 radical (unpaired) electrons. The molecule has 1 aromatic rings. The van der Waals surface area contributed by atoms with Gasteiger partial charge in [0.25, 0.3) is 0 Å². The fourth-order valence-corrected chi connectivity index (χ4v) is 1.94. The molecule has 1 N–H and O–H groups in total. The fraction of sp³-hybridized carbons (Fsp3) is 0.118. The Hall–Kier alpha value is -2.35. The lowest BCUT2D eigenvalue weighted by atomic mass is 10.0. The van der Waals surface area contributed by atoms with E-state index in [0.29, 0.717) is 5.71 Å². The molecule has 0 bridgehead atoms. The summed E-state index contributed by atoms with van der Waals surface area (Å²) < 4.78 is 0. The third-order valence-electron chi connectivity index (χ3n) is 3.01. The van der Waals surface area contributed by atoms with Gasteiger partial charge in [0, 0.05) is 12.6 Å². The second-order valence-electron chi connectivity index (χ2n) is 4.32. The summed E-state index contributed by atoms with van der Waals surface area (Å²) in [5.41, 5.74) is 3.90. The number of rotatable bonds is 2.